The molecule has 0 aromatic heterocycles. The summed E-state index contributed by atoms with van der Waals surface area (Å²) in [5.41, 5.74) is 0. The summed E-state index contributed by atoms with van der Waals surface area (Å²) in [6, 6.07) is 0. The first-order valence-electron chi connectivity index (χ1n) is 4.26. The zero-order valence-electron chi connectivity index (χ0n) is 7.36. The lowest BCUT2D eigenvalue weighted by Gasteiger charge is -2.11. The van der Waals surface area contributed by atoms with Crippen molar-refractivity contribution in [2.24, 2.45) is 11.8 Å². The number of hydrogen-bond donors (Lipinski definition) is 0. The molecule has 62 valence electrons. The summed E-state index contributed by atoms with van der Waals surface area (Å²) in [7, 11) is 0. The molecule has 0 aliphatic rings. The van der Waals surface area contributed by atoms with Crippen molar-refractivity contribution >= 4 is 15.9 Å². The number of rotatable bonds is 5. The van der Waals surface area contributed by atoms with Crippen LogP contribution in [0.4, 0.5) is 0 Å². The zero-order valence-corrected chi connectivity index (χ0v) is 8.95. The van der Waals surface area contributed by atoms with E-state index in [-0.39, 0.29) is 0 Å². The summed E-state index contributed by atoms with van der Waals surface area (Å²) in [4.78, 5) is 0. The minimum absolute atomic E-state index is 0.869. The second-order valence-electron chi connectivity index (χ2n) is 3.40. The van der Waals surface area contributed by atoms with Gasteiger partial charge in [-0.2, -0.15) is 0 Å². The third-order valence-electron chi connectivity index (χ3n) is 1.95. The van der Waals surface area contributed by atoms with Crippen molar-refractivity contribution in [1.82, 2.24) is 0 Å². The molecular formula is C9H19Br. The van der Waals surface area contributed by atoms with Crippen LogP contribution in [0.5, 0.6) is 0 Å². The topological polar surface area (TPSA) is 0 Å². The van der Waals surface area contributed by atoms with E-state index in [0.717, 1.165) is 11.8 Å². The lowest BCUT2D eigenvalue weighted by molar-refractivity contribution is 0.448. The maximum Gasteiger partial charge on any atom is 0.00595 e. The van der Waals surface area contributed by atoms with Gasteiger partial charge < -0.3 is 0 Å². The highest BCUT2D eigenvalue weighted by Crippen LogP contribution is 2.16. The van der Waals surface area contributed by atoms with E-state index >= 15 is 0 Å². The Balaban J connectivity index is 3.26. The van der Waals surface area contributed by atoms with Gasteiger partial charge in [-0.05, 0) is 18.3 Å². The van der Waals surface area contributed by atoms with Crippen LogP contribution in [-0.2, 0) is 0 Å². The van der Waals surface area contributed by atoms with Crippen LogP contribution in [0, 0.1) is 11.8 Å². The van der Waals surface area contributed by atoms with Gasteiger partial charge in [-0.25, -0.2) is 0 Å². The lowest BCUT2D eigenvalue weighted by atomic mass is 9.98. The van der Waals surface area contributed by atoms with Crippen LogP contribution in [0.15, 0.2) is 0 Å². The van der Waals surface area contributed by atoms with E-state index < -0.39 is 0 Å². The zero-order chi connectivity index (χ0) is 7.98. The number of alkyl halides is 1. The average Bonchev–Trinajstić information content (AvgIpc) is 1.90. The fraction of sp³-hybridized carbons (Fsp3) is 1.00. The Morgan fingerprint density at radius 2 is 1.80 bits per heavy atom. The third-order valence-corrected chi connectivity index (χ3v) is 2.86. The van der Waals surface area contributed by atoms with Crippen molar-refractivity contribution in [3.63, 3.8) is 0 Å². The molecule has 0 rings (SSSR count). The summed E-state index contributed by atoms with van der Waals surface area (Å²) in [6.45, 7) is 6.86. The van der Waals surface area contributed by atoms with Crippen molar-refractivity contribution in [1.29, 1.82) is 0 Å². The molecule has 1 unspecified atom stereocenters. The molecule has 0 spiro atoms. The van der Waals surface area contributed by atoms with Gasteiger partial charge in [0.1, 0.15) is 0 Å². The first-order valence-corrected chi connectivity index (χ1v) is 5.38. The molecule has 0 nitrogen and oxygen atoms in total. The Bertz CT molecular complexity index is 65.1. The quantitative estimate of drug-likeness (QED) is 0.601. The van der Waals surface area contributed by atoms with E-state index in [4.69, 9.17) is 0 Å². The molecule has 0 aliphatic heterocycles. The smallest absolute Gasteiger partial charge is 0.00595 e. The van der Waals surface area contributed by atoms with Crippen LogP contribution < -0.4 is 0 Å². The summed E-state index contributed by atoms with van der Waals surface area (Å²) in [6.07, 6.45) is 4.08. The highest BCUT2D eigenvalue weighted by molar-refractivity contribution is 9.09. The summed E-state index contributed by atoms with van der Waals surface area (Å²) in [5, 5.41) is 1.18. The minimum Gasteiger partial charge on any atom is -0.0925 e. The Hall–Kier alpha value is 0.480. The van der Waals surface area contributed by atoms with E-state index in [9.17, 15) is 0 Å². The summed E-state index contributed by atoms with van der Waals surface area (Å²) >= 11 is 3.53. The van der Waals surface area contributed by atoms with Crippen LogP contribution in [0.3, 0.4) is 0 Å². The van der Waals surface area contributed by atoms with Crippen molar-refractivity contribution in [2.75, 3.05) is 5.33 Å². The van der Waals surface area contributed by atoms with Crippen molar-refractivity contribution in [2.45, 2.75) is 40.0 Å². The number of hydrogen-bond acceptors (Lipinski definition) is 0. The molecule has 0 N–H and O–H groups in total. The molecule has 0 saturated heterocycles. The van der Waals surface area contributed by atoms with Gasteiger partial charge in [-0.15, -0.1) is 0 Å². The van der Waals surface area contributed by atoms with Crippen LogP contribution in [0.25, 0.3) is 0 Å². The SMILES string of the molecule is CCC(CBr)CCC(C)C. The van der Waals surface area contributed by atoms with Gasteiger partial charge in [-0.3, -0.25) is 0 Å². The van der Waals surface area contributed by atoms with Gasteiger partial charge in [0.05, 0.1) is 0 Å². The van der Waals surface area contributed by atoms with Crippen molar-refractivity contribution in [3.8, 4) is 0 Å². The molecule has 0 radical (unpaired) electrons. The van der Waals surface area contributed by atoms with Crippen LogP contribution >= 0.6 is 15.9 Å². The molecule has 1 heteroatoms. The molecule has 0 bridgehead atoms. The molecule has 0 saturated carbocycles. The van der Waals surface area contributed by atoms with Crippen LogP contribution in [0.2, 0.25) is 0 Å². The Morgan fingerprint density at radius 1 is 1.20 bits per heavy atom. The van der Waals surface area contributed by atoms with Gasteiger partial charge >= 0.3 is 0 Å². The van der Waals surface area contributed by atoms with Gasteiger partial charge in [0.2, 0.25) is 0 Å². The standard InChI is InChI=1S/C9H19Br/c1-4-9(7-10)6-5-8(2)3/h8-9H,4-7H2,1-3H3. The molecule has 0 amide bonds. The predicted molar refractivity (Wildman–Crippen MR) is 51.6 cm³/mol. The van der Waals surface area contributed by atoms with Crippen LogP contribution in [0.1, 0.15) is 40.0 Å². The maximum absolute atomic E-state index is 3.53. The fourth-order valence-corrected chi connectivity index (χ4v) is 1.74. The van der Waals surface area contributed by atoms with Crippen molar-refractivity contribution in [3.05, 3.63) is 0 Å². The van der Waals surface area contributed by atoms with E-state index in [1.54, 1.807) is 0 Å². The van der Waals surface area contributed by atoms with Gasteiger partial charge in [0.25, 0.3) is 0 Å². The highest BCUT2D eigenvalue weighted by Gasteiger charge is 2.04. The van der Waals surface area contributed by atoms with Crippen LogP contribution in [-0.4, -0.2) is 5.33 Å². The largest absolute Gasteiger partial charge is 0.0925 e. The molecule has 0 aromatic carbocycles. The first kappa shape index (κ1) is 10.5. The molecule has 0 aromatic rings. The molecule has 10 heavy (non-hydrogen) atoms. The second kappa shape index (κ2) is 6.21. The van der Waals surface area contributed by atoms with Crippen molar-refractivity contribution < 1.29 is 0 Å². The van der Waals surface area contributed by atoms with E-state index in [1.807, 2.05) is 0 Å². The fourth-order valence-electron chi connectivity index (χ4n) is 0.959. The third kappa shape index (κ3) is 5.28. The summed E-state index contributed by atoms with van der Waals surface area (Å²) < 4.78 is 0. The number of halogens is 1. The summed E-state index contributed by atoms with van der Waals surface area (Å²) in [5.74, 6) is 1.77. The van der Waals surface area contributed by atoms with E-state index in [0.29, 0.717) is 0 Å². The normalized spacial score (nSPS) is 14.1. The maximum atomic E-state index is 3.53. The molecule has 1 atom stereocenters. The molecular weight excluding hydrogens is 188 g/mol. The van der Waals surface area contributed by atoms with E-state index in [1.165, 1.54) is 24.6 Å². The Morgan fingerprint density at radius 3 is 2.10 bits per heavy atom. The van der Waals surface area contributed by atoms with Gasteiger partial charge in [-0.1, -0.05) is 49.5 Å². The Labute approximate surface area is 73.5 Å². The minimum atomic E-state index is 0.869. The predicted octanol–water partition coefficient (Wildman–Crippen LogP) is 3.84. The second-order valence-corrected chi connectivity index (χ2v) is 4.05. The van der Waals surface area contributed by atoms with Gasteiger partial charge in [0, 0.05) is 5.33 Å². The molecule has 0 aliphatic carbocycles. The highest BCUT2D eigenvalue weighted by atomic mass is 79.9. The first-order chi connectivity index (χ1) is 4.70. The molecule has 0 fully saturated rings. The lowest BCUT2D eigenvalue weighted by Crippen LogP contribution is -2.01. The Kier molecular flexibility index (Phi) is 6.50. The van der Waals surface area contributed by atoms with Gasteiger partial charge in [0.15, 0.2) is 0 Å². The monoisotopic (exact) mass is 206 g/mol. The molecule has 0 heterocycles. The van der Waals surface area contributed by atoms with E-state index in [2.05, 4.69) is 36.7 Å². The average molecular weight is 207 g/mol.